The maximum Gasteiger partial charge on any atom is 0.217 e. The molecule has 0 radical (unpaired) electrons. The maximum atomic E-state index is 13.9. The smallest absolute Gasteiger partial charge is 0.217 e. The maximum absolute atomic E-state index is 13.9. The van der Waals surface area contributed by atoms with E-state index in [0.717, 1.165) is 0 Å². The number of fused-ring (bicyclic) bond motifs is 2. The molecule has 0 saturated carbocycles. The zero-order valence-corrected chi connectivity index (χ0v) is 19.2. The molecular weight excluding hydrogens is 451 g/mol. The number of methoxy groups -OCH3 is 2. The molecule has 9 heteroatoms. The molecule has 172 valence electrons. The van der Waals surface area contributed by atoms with E-state index in [1.165, 1.54) is 32.4 Å². The number of nitrogens with zero attached hydrogens (tertiary/aromatic N) is 2. The number of halogens is 2. The highest BCUT2D eigenvalue weighted by molar-refractivity contribution is 6.35. The van der Waals surface area contributed by atoms with E-state index in [0.29, 0.717) is 34.7 Å². The Morgan fingerprint density at radius 1 is 1.24 bits per heavy atom. The van der Waals surface area contributed by atoms with Crippen molar-refractivity contribution in [3.8, 4) is 28.5 Å². The fourth-order valence-corrected chi connectivity index (χ4v) is 5.30. The zero-order valence-electron chi connectivity index (χ0n) is 18.5. The standard InChI is InChI=1S/C24H22ClFN2O5/c1-11-9-14-17(20(28(2)27-14)12-5-7-13(26)8-6-12)22(29)24(11)23(30)18-15(31-3)10-16(32-4)19(25)21(18)33-24/h5-8,10-11,22,29H,9H2,1-4H3/t11-,22?,24+/m1/s1. The van der Waals surface area contributed by atoms with Crippen LogP contribution in [0.25, 0.3) is 11.3 Å². The summed E-state index contributed by atoms with van der Waals surface area (Å²) in [6.45, 7) is 1.83. The fraction of sp³-hybridized carbons (Fsp3) is 0.333. The minimum Gasteiger partial charge on any atom is -0.496 e. The van der Waals surface area contributed by atoms with Crippen LogP contribution >= 0.6 is 11.6 Å². The molecule has 0 fully saturated rings. The molecule has 0 amide bonds. The van der Waals surface area contributed by atoms with E-state index in [1.54, 1.807) is 23.9 Å². The number of carbonyl (C=O) groups is 1. The fourth-order valence-electron chi connectivity index (χ4n) is 5.03. The monoisotopic (exact) mass is 472 g/mol. The van der Waals surface area contributed by atoms with E-state index in [-0.39, 0.29) is 27.9 Å². The Labute approximate surface area is 194 Å². The second kappa shape index (κ2) is 7.46. The van der Waals surface area contributed by atoms with Crippen molar-refractivity contribution in [2.75, 3.05) is 14.2 Å². The lowest BCUT2D eigenvalue weighted by Gasteiger charge is -2.40. The van der Waals surface area contributed by atoms with E-state index in [9.17, 15) is 14.3 Å². The molecule has 5 rings (SSSR count). The molecule has 3 atom stereocenters. The van der Waals surface area contributed by atoms with Gasteiger partial charge >= 0.3 is 0 Å². The summed E-state index contributed by atoms with van der Waals surface area (Å²) in [4.78, 5) is 13.9. The van der Waals surface area contributed by atoms with Crippen molar-refractivity contribution in [1.29, 1.82) is 0 Å². The van der Waals surface area contributed by atoms with Crippen LogP contribution in [0, 0.1) is 11.7 Å². The predicted octanol–water partition coefficient (Wildman–Crippen LogP) is 4.14. The van der Waals surface area contributed by atoms with Gasteiger partial charge in [-0.25, -0.2) is 4.39 Å². The minimum absolute atomic E-state index is 0.124. The number of aromatic nitrogens is 2. The molecule has 3 aromatic rings. The highest BCUT2D eigenvalue weighted by Crippen LogP contribution is 2.57. The summed E-state index contributed by atoms with van der Waals surface area (Å²) in [6.07, 6.45) is -0.963. The summed E-state index contributed by atoms with van der Waals surface area (Å²) >= 11 is 6.50. The van der Waals surface area contributed by atoms with Gasteiger partial charge in [-0.3, -0.25) is 9.48 Å². The van der Waals surface area contributed by atoms with Crippen molar-refractivity contribution in [3.05, 3.63) is 58.0 Å². The largest absolute Gasteiger partial charge is 0.496 e. The van der Waals surface area contributed by atoms with Crippen LogP contribution in [0.2, 0.25) is 5.02 Å². The van der Waals surface area contributed by atoms with Crippen molar-refractivity contribution in [3.63, 3.8) is 0 Å². The van der Waals surface area contributed by atoms with Gasteiger partial charge in [0, 0.05) is 30.2 Å². The number of hydrogen-bond acceptors (Lipinski definition) is 6. The molecule has 1 aromatic heterocycles. The van der Waals surface area contributed by atoms with Gasteiger partial charge in [0.15, 0.2) is 5.75 Å². The Morgan fingerprint density at radius 3 is 2.55 bits per heavy atom. The summed E-state index contributed by atoms with van der Waals surface area (Å²) in [6, 6.07) is 7.43. The highest BCUT2D eigenvalue weighted by atomic mass is 35.5. The van der Waals surface area contributed by atoms with Crippen molar-refractivity contribution in [1.82, 2.24) is 9.78 Å². The molecule has 1 spiro atoms. The number of carbonyl (C=O) groups excluding carboxylic acids is 1. The number of benzene rings is 2. The lowest BCUT2D eigenvalue weighted by atomic mass is 9.69. The summed E-state index contributed by atoms with van der Waals surface area (Å²) < 4.78 is 32.2. The molecule has 1 aliphatic heterocycles. The number of Topliss-reactive ketones (excluding diaryl/α,β-unsaturated/α-hetero) is 1. The first-order valence-corrected chi connectivity index (χ1v) is 10.8. The van der Waals surface area contributed by atoms with Crippen molar-refractivity contribution < 1.29 is 28.5 Å². The van der Waals surface area contributed by atoms with E-state index < -0.39 is 23.4 Å². The quantitative estimate of drug-likeness (QED) is 0.617. The molecule has 1 aliphatic carbocycles. The predicted molar refractivity (Wildman–Crippen MR) is 119 cm³/mol. The first kappa shape index (κ1) is 21.7. The molecular formula is C24H22ClFN2O5. The number of hydrogen-bond donors (Lipinski definition) is 1. The first-order valence-electron chi connectivity index (χ1n) is 10.4. The lowest BCUT2D eigenvalue weighted by Crippen LogP contribution is -2.54. The van der Waals surface area contributed by atoms with Crippen LogP contribution in [0.5, 0.6) is 17.2 Å². The molecule has 2 aliphatic rings. The molecule has 1 N–H and O–H groups in total. The Hall–Kier alpha value is -3.10. The summed E-state index contributed by atoms with van der Waals surface area (Å²) in [5, 5.41) is 16.4. The number of aliphatic hydroxyl groups is 1. The average Bonchev–Trinajstić information content (AvgIpc) is 3.29. The van der Waals surface area contributed by atoms with Crippen LogP contribution < -0.4 is 14.2 Å². The third-order valence-electron chi connectivity index (χ3n) is 6.63. The van der Waals surface area contributed by atoms with E-state index in [4.69, 9.17) is 25.8 Å². The van der Waals surface area contributed by atoms with Gasteiger partial charge in [0.25, 0.3) is 0 Å². The molecule has 2 heterocycles. The van der Waals surface area contributed by atoms with Gasteiger partial charge in [0.05, 0.1) is 25.6 Å². The Bertz CT molecular complexity index is 1290. The van der Waals surface area contributed by atoms with Gasteiger partial charge in [-0.15, -0.1) is 0 Å². The van der Waals surface area contributed by atoms with Crippen molar-refractivity contribution in [2.24, 2.45) is 13.0 Å². The summed E-state index contributed by atoms with van der Waals surface area (Å²) in [7, 11) is 4.64. The number of aryl methyl sites for hydroxylation is 1. The topological polar surface area (TPSA) is 82.8 Å². The van der Waals surface area contributed by atoms with Gasteiger partial charge in [-0.1, -0.05) is 18.5 Å². The second-order valence-electron chi connectivity index (χ2n) is 8.37. The highest BCUT2D eigenvalue weighted by Gasteiger charge is 2.62. The zero-order chi connectivity index (χ0) is 23.7. The Morgan fingerprint density at radius 2 is 1.91 bits per heavy atom. The van der Waals surface area contributed by atoms with Crippen LogP contribution in [0.4, 0.5) is 4.39 Å². The third-order valence-corrected chi connectivity index (χ3v) is 6.99. The molecule has 1 unspecified atom stereocenters. The van der Waals surface area contributed by atoms with Gasteiger partial charge in [0.2, 0.25) is 11.4 Å². The van der Waals surface area contributed by atoms with Crippen molar-refractivity contribution >= 4 is 17.4 Å². The summed E-state index contributed by atoms with van der Waals surface area (Å²) in [5.41, 5.74) is 0.931. The van der Waals surface area contributed by atoms with Gasteiger partial charge in [-0.05, 0) is 30.7 Å². The van der Waals surface area contributed by atoms with Crippen LogP contribution in [0.1, 0.15) is 34.6 Å². The van der Waals surface area contributed by atoms with Crippen LogP contribution in [-0.2, 0) is 13.5 Å². The Kier molecular flexibility index (Phi) is 4.91. The third kappa shape index (κ3) is 2.83. The molecule has 0 bridgehead atoms. The van der Waals surface area contributed by atoms with Crippen LogP contribution in [0.3, 0.4) is 0 Å². The number of ketones is 1. The van der Waals surface area contributed by atoms with E-state index >= 15 is 0 Å². The average molecular weight is 473 g/mol. The van der Waals surface area contributed by atoms with Gasteiger partial charge in [0.1, 0.15) is 34.0 Å². The molecule has 2 aromatic carbocycles. The molecule has 7 nitrogen and oxygen atoms in total. The minimum atomic E-state index is -1.63. The van der Waals surface area contributed by atoms with Crippen LogP contribution in [-0.4, -0.2) is 40.5 Å². The van der Waals surface area contributed by atoms with Gasteiger partial charge in [-0.2, -0.15) is 5.10 Å². The van der Waals surface area contributed by atoms with E-state index in [2.05, 4.69) is 5.10 Å². The first-order chi connectivity index (χ1) is 15.7. The molecule has 0 saturated heterocycles. The van der Waals surface area contributed by atoms with Crippen LogP contribution in [0.15, 0.2) is 30.3 Å². The van der Waals surface area contributed by atoms with E-state index in [1.807, 2.05) is 6.92 Å². The number of rotatable bonds is 3. The number of aliphatic hydroxyl groups excluding tert-OH is 1. The SMILES string of the molecule is COc1cc(OC)c2c(c1Cl)O[C@]1(C2=O)C(O)c2c(nn(C)c2-c2ccc(F)cc2)C[C@H]1C. The summed E-state index contributed by atoms with van der Waals surface area (Å²) in [5.74, 6) is -0.547. The second-order valence-corrected chi connectivity index (χ2v) is 8.75. The van der Waals surface area contributed by atoms with Gasteiger partial charge < -0.3 is 19.3 Å². The van der Waals surface area contributed by atoms with Crippen molar-refractivity contribution in [2.45, 2.75) is 25.0 Å². The molecule has 33 heavy (non-hydrogen) atoms. The number of ether oxygens (including phenoxy) is 3. The normalized spacial score (nSPS) is 23.3. The lowest BCUT2D eigenvalue weighted by molar-refractivity contribution is -0.0634. The Balaban J connectivity index is 1.70.